The fourth-order valence-corrected chi connectivity index (χ4v) is 1.09. The van der Waals surface area contributed by atoms with Crippen LogP contribution in [0.3, 0.4) is 0 Å². The zero-order valence-electron chi connectivity index (χ0n) is 7.03. The lowest BCUT2D eigenvalue weighted by Crippen LogP contribution is -2.35. The minimum Gasteiger partial charge on any atom is -0.480 e. The van der Waals surface area contributed by atoms with E-state index in [1.54, 1.807) is 0 Å². The van der Waals surface area contributed by atoms with Crippen molar-refractivity contribution in [3.05, 3.63) is 0 Å². The maximum atomic E-state index is 10.3. The maximum absolute atomic E-state index is 10.3. The molecule has 12 heavy (non-hydrogen) atoms. The van der Waals surface area contributed by atoms with Crippen LogP contribution in [0.25, 0.3) is 0 Å². The summed E-state index contributed by atoms with van der Waals surface area (Å²) in [6, 6.07) is -0.870. The Morgan fingerprint density at radius 1 is 1.67 bits per heavy atom. The molecule has 1 rings (SSSR count). The van der Waals surface area contributed by atoms with Crippen molar-refractivity contribution in [2.24, 2.45) is 11.7 Å². The topological polar surface area (TPSA) is 72.5 Å². The Bertz CT molecular complexity index is 156. The zero-order chi connectivity index (χ0) is 8.97. The molecule has 0 amide bonds. The van der Waals surface area contributed by atoms with Crippen LogP contribution in [0.15, 0.2) is 0 Å². The van der Waals surface area contributed by atoms with Gasteiger partial charge in [0, 0.05) is 6.61 Å². The average molecular weight is 173 g/mol. The predicted molar refractivity (Wildman–Crippen MR) is 43.8 cm³/mol. The molecule has 1 saturated carbocycles. The molecule has 0 unspecified atom stereocenters. The van der Waals surface area contributed by atoms with E-state index in [1.165, 1.54) is 19.3 Å². The summed E-state index contributed by atoms with van der Waals surface area (Å²) in [6.07, 6.45) is 3.70. The van der Waals surface area contributed by atoms with Gasteiger partial charge in [-0.05, 0) is 18.8 Å². The first-order valence-electron chi connectivity index (χ1n) is 4.26. The standard InChI is InChI=1S/C8H15NO3/c9-7(8(10)11)5-12-4-6-2-1-3-6/h6-7H,1-5,9H2,(H,10,11)/t7-/m0/s1. The molecule has 0 aromatic rings. The van der Waals surface area contributed by atoms with Crippen LogP contribution in [0.5, 0.6) is 0 Å². The molecule has 1 aliphatic rings. The third kappa shape index (κ3) is 2.79. The van der Waals surface area contributed by atoms with Crippen LogP contribution in [-0.2, 0) is 9.53 Å². The molecular weight excluding hydrogens is 158 g/mol. The number of nitrogens with two attached hydrogens (primary N) is 1. The van der Waals surface area contributed by atoms with Gasteiger partial charge in [0.15, 0.2) is 0 Å². The molecule has 0 radical (unpaired) electrons. The van der Waals surface area contributed by atoms with Gasteiger partial charge in [-0.15, -0.1) is 0 Å². The molecule has 3 N–H and O–H groups in total. The van der Waals surface area contributed by atoms with Crippen molar-refractivity contribution in [2.75, 3.05) is 13.2 Å². The summed E-state index contributed by atoms with van der Waals surface area (Å²) in [5.41, 5.74) is 5.24. The molecule has 70 valence electrons. The van der Waals surface area contributed by atoms with E-state index in [0.717, 1.165) is 0 Å². The van der Waals surface area contributed by atoms with Gasteiger partial charge in [0.1, 0.15) is 6.04 Å². The second kappa shape index (κ2) is 4.42. The normalized spacial score (nSPS) is 20.1. The van der Waals surface area contributed by atoms with Crippen LogP contribution in [0, 0.1) is 5.92 Å². The van der Waals surface area contributed by atoms with Gasteiger partial charge in [-0.25, -0.2) is 0 Å². The van der Waals surface area contributed by atoms with Crippen molar-refractivity contribution in [3.63, 3.8) is 0 Å². The van der Waals surface area contributed by atoms with Crippen molar-refractivity contribution in [3.8, 4) is 0 Å². The van der Waals surface area contributed by atoms with E-state index < -0.39 is 12.0 Å². The van der Waals surface area contributed by atoms with Gasteiger partial charge in [0.05, 0.1) is 6.61 Å². The molecule has 0 aliphatic heterocycles. The molecule has 0 aromatic heterocycles. The number of carboxylic acids is 1. The Hall–Kier alpha value is -0.610. The van der Waals surface area contributed by atoms with Crippen LogP contribution in [0.2, 0.25) is 0 Å². The molecule has 0 heterocycles. The van der Waals surface area contributed by atoms with E-state index >= 15 is 0 Å². The SMILES string of the molecule is N[C@@H](COCC1CCC1)C(=O)O. The van der Waals surface area contributed by atoms with Crippen molar-refractivity contribution >= 4 is 5.97 Å². The molecular formula is C8H15NO3. The van der Waals surface area contributed by atoms with Crippen LogP contribution in [-0.4, -0.2) is 30.3 Å². The quantitative estimate of drug-likeness (QED) is 0.623. The Kier molecular flexibility index (Phi) is 3.49. The third-order valence-corrected chi connectivity index (χ3v) is 2.19. The average Bonchev–Trinajstić information content (AvgIpc) is 1.93. The number of hydrogen-bond donors (Lipinski definition) is 2. The van der Waals surface area contributed by atoms with Crippen LogP contribution in [0.1, 0.15) is 19.3 Å². The summed E-state index contributed by atoms with van der Waals surface area (Å²) in [4.78, 5) is 10.3. The third-order valence-electron chi connectivity index (χ3n) is 2.19. The number of ether oxygens (including phenoxy) is 1. The van der Waals surface area contributed by atoms with Crippen molar-refractivity contribution in [1.29, 1.82) is 0 Å². The van der Waals surface area contributed by atoms with Gasteiger partial charge in [0.2, 0.25) is 0 Å². The molecule has 1 fully saturated rings. The second-order valence-electron chi connectivity index (χ2n) is 3.28. The Morgan fingerprint density at radius 3 is 2.75 bits per heavy atom. The van der Waals surface area contributed by atoms with Crippen molar-refractivity contribution in [2.45, 2.75) is 25.3 Å². The number of aliphatic carboxylic acids is 1. The molecule has 0 aromatic carbocycles. The fourth-order valence-electron chi connectivity index (χ4n) is 1.09. The molecule has 0 saturated heterocycles. The summed E-state index contributed by atoms with van der Waals surface area (Å²) in [6.45, 7) is 0.798. The number of carbonyl (C=O) groups is 1. The monoisotopic (exact) mass is 173 g/mol. The summed E-state index contributed by atoms with van der Waals surface area (Å²) >= 11 is 0. The van der Waals surface area contributed by atoms with Crippen molar-refractivity contribution in [1.82, 2.24) is 0 Å². The largest absolute Gasteiger partial charge is 0.480 e. The first-order chi connectivity index (χ1) is 5.70. The highest BCUT2D eigenvalue weighted by atomic mass is 16.5. The summed E-state index contributed by atoms with van der Waals surface area (Å²) in [5, 5.41) is 8.41. The van der Waals surface area contributed by atoms with Crippen LogP contribution < -0.4 is 5.73 Å². The molecule has 1 atom stereocenters. The predicted octanol–water partition coefficient (Wildman–Crippen LogP) is 0.215. The van der Waals surface area contributed by atoms with E-state index in [1.807, 2.05) is 0 Å². The lowest BCUT2D eigenvalue weighted by molar-refractivity contribution is -0.140. The van der Waals surface area contributed by atoms with Gasteiger partial charge in [0.25, 0.3) is 0 Å². The highest BCUT2D eigenvalue weighted by Crippen LogP contribution is 2.26. The van der Waals surface area contributed by atoms with Gasteiger partial charge in [-0.3, -0.25) is 4.79 Å². The van der Waals surface area contributed by atoms with Crippen molar-refractivity contribution < 1.29 is 14.6 Å². The smallest absolute Gasteiger partial charge is 0.322 e. The maximum Gasteiger partial charge on any atom is 0.322 e. The van der Waals surface area contributed by atoms with E-state index in [-0.39, 0.29) is 6.61 Å². The highest BCUT2D eigenvalue weighted by Gasteiger charge is 2.18. The molecule has 0 bridgehead atoms. The van der Waals surface area contributed by atoms with Crippen LogP contribution in [0.4, 0.5) is 0 Å². The summed E-state index contributed by atoms with van der Waals surface area (Å²) < 4.78 is 5.15. The minimum atomic E-state index is -0.997. The second-order valence-corrected chi connectivity index (χ2v) is 3.28. The van der Waals surface area contributed by atoms with E-state index in [0.29, 0.717) is 12.5 Å². The first-order valence-corrected chi connectivity index (χ1v) is 4.26. The first kappa shape index (κ1) is 9.48. The molecule has 1 aliphatic carbocycles. The number of carboxylic acid groups (broad SMARTS) is 1. The Morgan fingerprint density at radius 2 is 2.33 bits per heavy atom. The summed E-state index contributed by atoms with van der Waals surface area (Å²) in [7, 11) is 0. The molecule has 0 spiro atoms. The Balaban J connectivity index is 1.97. The van der Waals surface area contributed by atoms with Gasteiger partial charge in [-0.2, -0.15) is 0 Å². The van der Waals surface area contributed by atoms with E-state index in [4.69, 9.17) is 15.6 Å². The lowest BCUT2D eigenvalue weighted by atomic mass is 9.86. The van der Waals surface area contributed by atoms with Gasteiger partial charge >= 0.3 is 5.97 Å². The lowest BCUT2D eigenvalue weighted by Gasteiger charge is -2.25. The van der Waals surface area contributed by atoms with E-state index in [2.05, 4.69) is 0 Å². The van der Waals surface area contributed by atoms with Gasteiger partial charge in [-0.1, -0.05) is 6.42 Å². The van der Waals surface area contributed by atoms with Gasteiger partial charge < -0.3 is 15.6 Å². The zero-order valence-corrected chi connectivity index (χ0v) is 7.03. The van der Waals surface area contributed by atoms with Crippen LogP contribution >= 0.6 is 0 Å². The Labute approximate surface area is 71.7 Å². The fraction of sp³-hybridized carbons (Fsp3) is 0.875. The number of hydrogen-bond acceptors (Lipinski definition) is 3. The minimum absolute atomic E-state index is 0.131. The molecule has 4 heteroatoms. The number of rotatable bonds is 5. The molecule has 4 nitrogen and oxygen atoms in total. The summed E-state index contributed by atoms with van der Waals surface area (Å²) in [5.74, 6) is -0.352. The highest BCUT2D eigenvalue weighted by molar-refractivity contribution is 5.73. The van der Waals surface area contributed by atoms with E-state index in [9.17, 15) is 4.79 Å².